The van der Waals surface area contributed by atoms with E-state index in [1.807, 2.05) is 0 Å². The van der Waals surface area contributed by atoms with Gasteiger partial charge in [-0.2, -0.15) is 13.2 Å². The molecule has 1 aromatic rings. The Labute approximate surface area is 78.1 Å². The minimum atomic E-state index is -4.45. The van der Waals surface area contributed by atoms with Crippen LogP contribution in [0.4, 0.5) is 13.2 Å². The molecule has 2 nitrogen and oxygen atoms in total. The number of aldehydes is 1. The smallest absolute Gasteiger partial charge is 0.299 e. The van der Waals surface area contributed by atoms with E-state index in [0.29, 0.717) is 6.29 Å². The van der Waals surface area contributed by atoms with E-state index in [2.05, 4.69) is 4.98 Å². The van der Waals surface area contributed by atoms with E-state index in [-0.39, 0.29) is 5.69 Å². The Morgan fingerprint density at radius 3 is 2.57 bits per heavy atom. The third-order valence-corrected chi connectivity index (χ3v) is 1.41. The second-order valence-electron chi connectivity index (χ2n) is 2.44. The highest BCUT2D eigenvalue weighted by Gasteiger charge is 2.32. The predicted molar refractivity (Wildman–Crippen MR) is 44.3 cm³/mol. The van der Waals surface area contributed by atoms with Crippen molar-refractivity contribution in [2.24, 2.45) is 0 Å². The number of aromatic nitrogens is 1. The van der Waals surface area contributed by atoms with Crippen LogP contribution in [0, 0.1) is 0 Å². The van der Waals surface area contributed by atoms with Crippen LogP contribution in [-0.4, -0.2) is 11.3 Å². The molecular formula is C9H6F3NO. The minimum Gasteiger partial charge on any atom is -0.299 e. The fourth-order valence-corrected chi connectivity index (χ4v) is 0.840. The molecule has 0 fully saturated rings. The Morgan fingerprint density at radius 2 is 2.00 bits per heavy atom. The molecule has 14 heavy (non-hydrogen) atoms. The summed E-state index contributed by atoms with van der Waals surface area (Å²) in [5.41, 5.74) is -0.863. The van der Waals surface area contributed by atoms with Gasteiger partial charge >= 0.3 is 6.18 Å². The highest BCUT2D eigenvalue weighted by atomic mass is 19.4. The molecule has 0 N–H and O–H groups in total. The molecule has 74 valence electrons. The van der Waals surface area contributed by atoms with E-state index in [1.54, 1.807) is 0 Å². The molecule has 5 heteroatoms. The summed E-state index contributed by atoms with van der Waals surface area (Å²) < 4.78 is 36.4. The maximum absolute atomic E-state index is 12.1. The van der Waals surface area contributed by atoms with Gasteiger partial charge in [0.15, 0.2) is 0 Å². The average molecular weight is 201 g/mol. The number of allylic oxidation sites excluding steroid dienone is 1. The summed E-state index contributed by atoms with van der Waals surface area (Å²) in [6.45, 7) is 0. The highest BCUT2D eigenvalue weighted by Crippen LogP contribution is 2.27. The Balaban J connectivity index is 3.01. The van der Waals surface area contributed by atoms with Crippen LogP contribution in [0.15, 0.2) is 24.3 Å². The zero-order chi connectivity index (χ0) is 10.6. The maximum Gasteiger partial charge on any atom is 0.433 e. The minimum absolute atomic E-state index is 0.104. The molecule has 0 atom stereocenters. The number of hydrogen-bond donors (Lipinski definition) is 0. The Hall–Kier alpha value is -1.65. The lowest BCUT2D eigenvalue weighted by Gasteiger charge is -2.05. The van der Waals surface area contributed by atoms with Crippen LogP contribution in [0.1, 0.15) is 11.4 Å². The molecule has 1 aromatic heterocycles. The van der Waals surface area contributed by atoms with E-state index in [1.165, 1.54) is 18.2 Å². The summed E-state index contributed by atoms with van der Waals surface area (Å²) in [6, 6.07) is 3.49. The molecule has 0 aliphatic rings. The lowest BCUT2D eigenvalue weighted by Crippen LogP contribution is -2.07. The van der Waals surface area contributed by atoms with Gasteiger partial charge in [0.1, 0.15) is 12.0 Å². The molecule has 0 unspecified atom stereocenters. The van der Waals surface area contributed by atoms with Crippen molar-refractivity contribution in [3.63, 3.8) is 0 Å². The fraction of sp³-hybridized carbons (Fsp3) is 0.111. The van der Waals surface area contributed by atoms with Gasteiger partial charge < -0.3 is 0 Å². The Morgan fingerprint density at radius 1 is 1.29 bits per heavy atom. The molecule has 0 saturated carbocycles. The van der Waals surface area contributed by atoms with Gasteiger partial charge in [0, 0.05) is 0 Å². The molecule has 0 spiro atoms. The summed E-state index contributed by atoms with van der Waals surface area (Å²) in [5, 5.41) is 0. The fourth-order valence-electron chi connectivity index (χ4n) is 0.840. The van der Waals surface area contributed by atoms with Gasteiger partial charge in [0.2, 0.25) is 0 Å². The van der Waals surface area contributed by atoms with E-state index >= 15 is 0 Å². The van der Waals surface area contributed by atoms with Crippen molar-refractivity contribution in [3.05, 3.63) is 35.7 Å². The van der Waals surface area contributed by atoms with E-state index < -0.39 is 11.9 Å². The summed E-state index contributed by atoms with van der Waals surface area (Å²) in [4.78, 5) is 13.2. The molecule has 0 aliphatic heterocycles. The summed E-state index contributed by atoms with van der Waals surface area (Å²) >= 11 is 0. The third kappa shape index (κ3) is 2.69. The highest BCUT2D eigenvalue weighted by molar-refractivity contribution is 5.72. The number of carbonyl (C=O) groups is 1. The van der Waals surface area contributed by atoms with Gasteiger partial charge in [-0.1, -0.05) is 6.07 Å². The second-order valence-corrected chi connectivity index (χ2v) is 2.44. The Kier molecular flexibility index (Phi) is 3.01. The van der Waals surface area contributed by atoms with Crippen molar-refractivity contribution in [2.75, 3.05) is 0 Å². The van der Waals surface area contributed by atoms with Gasteiger partial charge in [0.25, 0.3) is 0 Å². The van der Waals surface area contributed by atoms with Crippen molar-refractivity contribution in [3.8, 4) is 0 Å². The summed E-state index contributed by atoms with van der Waals surface area (Å²) in [7, 11) is 0. The SMILES string of the molecule is O=CC=Cc1cccc(C(F)(F)F)n1. The number of hydrogen-bond acceptors (Lipinski definition) is 2. The summed E-state index contributed by atoms with van der Waals surface area (Å²) in [6.07, 6.45) is -1.68. The molecular weight excluding hydrogens is 195 g/mol. The van der Waals surface area contributed by atoms with E-state index in [4.69, 9.17) is 0 Å². The van der Waals surface area contributed by atoms with Gasteiger partial charge in [-0.25, -0.2) is 4.98 Å². The van der Waals surface area contributed by atoms with Crippen LogP contribution >= 0.6 is 0 Å². The number of nitrogens with zero attached hydrogens (tertiary/aromatic N) is 1. The van der Waals surface area contributed by atoms with Gasteiger partial charge in [-0.3, -0.25) is 4.79 Å². The van der Waals surface area contributed by atoms with Gasteiger partial charge in [-0.05, 0) is 24.3 Å². The quantitative estimate of drug-likeness (QED) is 0.542. The first-order chi connectivity index (χ1) is 6.54. The van der Waals surface area contributed by atoms with Crippen molar-refractivity contribution in [2.45, 2.75) is 6.18 Å². The van der Waals surface area contributed by atoms with Crippen LogP contribution in [0.5, 0.6) is 0 Å². The Bertz CT molecular complexity index is 357. The molecule has 0 aromatic carbocycles. The van der Waals surface area contributed by atoms with Crippen LogP contribution in [0.3, 0.4) is 0 Å². The lowest BCUT2D eigenvalue weighted by molar-refractivity contribution is -0.141. The number of rotatable bonds is 2. The third-order valence-electron chi connectivity index (χ3n) is 1.41. The number of carbonyl (C=O) groups excluding carboxylic acids is 1. The predicted octanol–water partition coefficient (Wildman–Crippen LogP) is 2.31. The van der Waals surface area contributed by atoms with Crippen molar-refractivity contribution >= 4 is 12.4 Å². The normalized spacial score (nSPS) is 11.9. The lowest BCUT2D eigenvalue weighted by atomic mass is 10.3. The van der Waals surface area contributed by atoms with E-state index in [9.17, 15) is 18.0 Å². The zero-order valence-electron chi connectivity index (χ0n) is 6.95. The molecule has 0 bridgehead atoms. The van der Waals surface area contributed by atoms with Crippen LogP contribution in [0.25, 0.3) is 6.08 Å². The molecule has 1 heterocycles. The first-order valence-corrected chi connectivity index (χ1v) is 3.70. The number of alkyl halides is 3. The topological polar surface area (TPSA) is 30.0 Å². The second kappa shape index (κ2) is 4.04. The van der Waals surface area contributed by atoms with Crippen LogP contribution in [-0.2, 0) is 11.0 Å². The van der Waals surface area contributed by atoms with E-state index in [0.717, 1.165) is 12.1 Å². The standard InChI is InChI=1S/C9H6F3NO/c10-9(11,12)8-5-1-3-7(13-8)4-2-6-14/h1-6H. The first kappa shape index (κ1) is 10.4. The van der Waals surface area contributed by atoms with Crippen molar-refractivity contribution in [1.82, 2.24) is 4.98 Å². The largest absolute Gasteiger partial charge is 0.433 e. The van der Waals surface area contributed by atoms with Gasteiger partial charge in [-0.15, -0.1) is 0 Å². The number of pyridine rings is 1. The summed E-state index contributed by atoms with van der Waals surface area (Å²) in [5.74, 6) is 0. The van der Waals surface area contributed by atoms with Crippen LogP contribution in [0.2, 0.25) is 0 Å². The van der Waals surface area contributed by atoms with Gasteiger partial charge in [0.05, 0.1) is 5.69 Å². The molecule has 0 radical (unpaired) electrons. The first-order valence-electron chi connectivity index (χ1n) is 3.70. The molecule has 0 saturated heterocycles. The zero-order valence-corrected chi connectivity index (χ0v) is 6.95. The molecule has 1 rings (SSSR count). The maximum atomic E-state index is 12.1. The average Bonchev–Trinajstić information content (AvgIpc) is 2.14. The van der Waals surface area contributed by atoms with Crippen molar-refractivity contribution < 1.29 is 18.0 Å². The van der Waals surface area contributed by atoms with Crippen LogP contribution < -0.4 is 0 Å². The monoisotopic (exact) mass is 201 g/mol. The molecule has 0 aliphatic carbocycles. The number of halogens is 3. The van der Waals surface area contributed by atoms with Crippen molar-refractivity contribution in [1.29, 1.82) is 0 Å². The molecule has 0 amide bonds.